The molecule has 8 heteroatoms. The van der Waals surface area contributed by atoms with Crippen molar-refractivity contribution in [2.24, 2.45) is 5.92 Å². The third kappa shape index (κ3) is 4.50. The first kappa shape index (κ1) is 19.2. The van der Waals surface area contributed by atoms with Gasteiger partial charge in [0.25, 0.3) is 0 Å². The third-order valence-electron chi connectivity index (χ3n) is 4.01. The molecule has 1 aliphatic rings. The molecule has 1 atom stereocenters. The van der Waals surface area contributed by atoms with Gasteiger partial charge in [-0.1, -0.05) is 20.8 Å². The van der Waals surface area contributed by atoms with Crippen LogP contribution < -0.4 is 5.32 Å². The van der Waals surface area contributed by atoms with E-state index in [1.165, 1.54) is 16.2 Å². The summed E-state index contributed by atoms with van der Waals surface area (Å²) in [5.74, 6) is -1.91. The summed E-state index contributed by atoms with van der Waals surface area (Å²) in [5, 5.41) is 12.2. The zero-order valence-electron chi connectivity index (χ0n) is 14.9. The summed E-state index contributed by atoms with van der Waals surface area (Å²) in [5.41, 5.74) is 0.163. The van der Waals surface area contributed by atoms with Gasteiger partial charge in [-0.25, -0.2) is 9.59 Å². The normalized spacial score (nSPS) is 17.4. The highest BCUT2D eigenvalue weighted by Crippen LogP contribution is 2.36. The fraction of sp³-hybridized carbons (Fsp3) is 0.588. The molecule has 1 aromatic heterocycles. The van der Waals surface area contributed by atoms with Gasteiger partial charge >= 0.3 is 18.0 Å². The predicted octanol–water partition coefficient (Wildman–Crippen LogP) is 3.16. The Hall–Kier alpha value is -2.09. The quantitative estimate of drug-likeness (QED) is 0.796. The van der Waals surface area contributed by atoms with Crippen LogP contribution in [0.1, 0.15) is 49.4 Å². The molecular weight excluding hydrogens is 344 g/mol. The van der Waals surface area contributed by atoms with E-state index in [-0.39, 0.29) is 18.6 Å². The van der Waals surface area contributed by atoms with Crippen molar-refractivity contribution in [3.63, 3.8) is 0 Å². The van der Waals surface area contributed by atoms with E-state index in [4.69, 9.17) is 9.84 Å². The second kappa shape index (κ2) is 7.43. The van der Waals surface area contributed by atoms with E-state index in [0.29, 0.717) is 23.5 Å². The van der Waals surface area contributed by atoms with E-state index in [1.54, 1.807) is 13.0 Å². The van der Waals surface area contributed by atoms with Gasteiger partial charge in [-0.15, -0.1) is 11.3 Å². The first-order valence-electron chi connectivity index (χ1n) is 8.23. The van der Waals surface area contributed by atoms with Crippen LogP contribution in [0.4, 0.5) is 9.80 Å². The smallest absolute Gasteiger partial charge is 0.341 e. The number of rotatable bonds is 4. The zero-order chi connectivity index (χ0) is 18.8. The third-order valence-corrected chi connectivity index (χ3v) is 5.49. The number of nitrogens with one attached hydrogen (secondary N) is 1. The van der Waals surface area contributed by atoms with Gasteiger partial charge in [-0.05, 0) is 24.8 Å². The van der Waals surface area contributed by atoms with E-state index in [2.05, 4.69) is 5.32 Å². The average molecular weight is 368 g/mol. The first-order valence-corrected chi connectivity index (χ1v) is 9.05. The molecule has 0 aromatic carbocycles. The van der Waals surface area contributed by atoms with Crippen molar-refractivity contribution in [2.45, 2.75) is 39.5 Å². The Morgan fingerprint density at radius 1 is 1.40 bits per heavy atom. The minimum Gasteiger partial charge on any atom is -0.481 e. The van der Waals surface area contributed by atoms with Crippen molar-refractivity contribution < 1.29 is 24.2 Å². The van der Waals surface area contributed by atoms with E-state index < -0.39 is 23.9 Å². The largest absolute Gasteiger partial charge is 0.481 e. The highest BCUT2D eigenvalue weighted by Gasteiger charge is 2.32. The topological polar surface area (TPSA) is 95.9 Å². The van der Waals surface area contributed by atoms with Gasteiger partial charge in [0.05, 0.1) is 18.1 Å². The van der Waals surface area contributed by atoms with Gasteiger partial charge in [0.2, 0.25) is 0 Å². The molecule has 0 spiro atoms. The molecule has 1 unspecified atom stereocenters. The zero-order valence-corrected chi connectivity index (χ0v) is 15.7. The van der Waals surface area contributed by atoms with Crippen LogP contribution in [0, 0.1) is 5.92 Å². The van der Waals surface area contributed by atoms with E-state index in [0.717, 1.165) is 4.88 Å². The number of carboxylic acid groups (broad SMARTS) is 1. The van der Waals surface area contributed by atoms with Crippen molar-refractivity contribution in [1.82, 2.24) is 4.90 Å². The van der Waals surface area contributed by atoms with Gasteiger partial charge < -0.3 is 14.7 Å². The van der Waals surface area contributed by atoms with Crippen LogP contribution in [0.25, 0.3) is 0 Å². The Bertz CT molecular complexity index is 677. The lowest BCUT2D eigenvalue weighted by Gasteiger charge is -2.17. The summed E-state index contributed by atoms with van der Waals surface area (Å²) in [4.78, 5) is 38.1. The molecule has 1 fully saturated rings. The highest BCUT2D eigenvalue weighted by molar-refractivity contribution is 7.16. The standard InChI is InChI=1S/C17H24N2O5S/c1-5-24-15(22)11-8-12(17(2,3)4)25-13(11)18-16(23)19-7-6-10(9-19)14(20)21/h8,10H,5-7,9H2,1-4H3,(H,18,23)(H,20,21). The second-order valence-corrected chi connectivity index (χ2v) is 8.08. The van der Waals surface area contributed by atoms with Gasteiger partial charge in [0.15, 0.2) is 0 Å². The Morgan fingerprint density at radius 2 is 2.08 bits per heavy atom. The van der Waals surface area contributed by atoms with Gasteiger partial charge in [0.1, 0.15) is 5.00 Å². The Labute approximate surface area is 151 Å². The van der Waals surface area contributed by atoms with E-state index in [1.807, 2.05) is 20.8 Å². The van der Waals surface area contributed by atoms with Gasteiger partial charge in [-0.2, -0.15) is 0 Å². The molecule has 1 saturated heterocycles. The van der Waals surface area contributed by atoms with Gasteiger partial charge in [-0.3, -0.25) is 10.1 Å². The van der Waals surface area contributed by atoms with Crippen molar-refractivity contribution in [3.05, 3.63) is 16.5 Å². The molecule has 0 saturated carbocycles. The van der Waals surface area contributed by atoms with E-state index >= 15 is 0 Å². The Kier molecular flexibility index (Phi) is 5.72. The second-order valence-electron chi connectivity index (χ2n) is 7.02. The maximum atomic E-state index is 12.5. The molecule has 2 rings (SSSR count). The molecule has 1 aliphatic heterocycles. The lowest BCUT2D eigenvalue weighted by molar-refractivity contribution is -0.141. The van der Waals surface area contributed by atoms with Crippen LogP contribution in [0.5, 0.6) is 0 Å². The van der Waals surface area contributed by atoms with Crippen LogP contribution in [-0.2, 0) is 14.9 Å². The minimum absolute atomic E-state index is 0.170. The van der Waals surface area contributed by atoms with Gasteiger partial charge in [0, 0.05) is 18.0 Å². The lowest BCUT2D eigenvalue weighted by Crippen LogP contribution is -2.34. The maximum absolute atomic E-state index is 12.5. The molecule has 2 amide bonds. The Morgan fingerprint density at radius 3 is 2.60 bits per heavy atom. The number of carboxylic acids is 1. The summed E-state index contributed by atoms with van der Waals surface area (Å²) in [7, 11) is 0. The molecule has 0 aliphatic carbocycles. The number of carbonyl (C=O) groups excluding carboxylic acids is 2. The van der Waals surface area contributed by atoms with Crippen molar-refractivity contribution in [1.29, 1.82) is 0 Å². The number of thiophene rings is 1. The number of nitrogens with zero attached hydrogens (tertiary/aromatic N) is 1. The summed E-state index contributed by atoms with van der Waals surface area (Å²) in [6.45, 7) is 8.61. The highest BCUT2D eigenvalue weighted by atomic mass is 32.1. The minimum atomic E-state index is -0.895. The predicted molar refractivity (Wildman–Crippen MR) is 95.3 cm³/mol. The first-order chi connectivity index (χ1) is 11.6. The van der Waals surface area contributed by atoms with Crippen LogP contribution in [0.3, 0.4) is 0 Å². The monoisotopic (exact) mass is 368 g/mol. The van der Waals surface area contributed by atoms with Crippen molar-refractivity contribution in [2.75, 3.05) is 25.0 Å². The number of urea groups is 1. The number of esters is 1. The summed E-state index contributed by atoms with van der Waals surface area (Å²) in [6, 6.07) is 1.36. The number of hydrogen-bond acceptors (Lipinski definition) is 5. The van der Waals surface area contributed by atoms with Crippen LogP contribution in [-0.4, -0.2) is 47.7 Å². The number of hydrogen-bond donors (Lipinski definition) is 2. The molecule has 2 heterocycles. The number of ether oxygens (including phenoxy) is 1. The summed E-state index contributed by atoms with van der Waals surface area (Å²) in [6.07, 6.45) is 0.436. The van der Waals surface area contributed by atoms with Crippen LogP contribution >= 0.6 is 11.3 Å². The number of amides is 2. The number of carbonyl (C=O) groups is 3. The molecule has 0 bridgehead atoms. The molecule has 25 heavy (non-hydrogen) atoms. The summed E-state index contributed by atoms with van der Waals surface area (Å²) >= 11 is 1.34. The fourth-order valence-corrected chi connectivity index (χ4v) is 3.63. The molecule has 0 radical (unpaired) electrons. The van der Waals surface area contributed by atoms with Crippen LogP contribution in [0.15, 0.2) is 6.07 Å². The SMILES string of the molecule is CCOC(=O)c1cc(C(C)(C)C)sc1NC(=O)N1CCC(C(=O)O)C1. The molecule has 1 aromatic rings. The molecular formula is C17H24N2O5S. The van der Waals surface area contributed by atoms with Crippen LogP contribution in [0.2, 0.25) is 0 Å². The molecule has 7 nitrogen and oxygen atoms in total. The molecule has 2 N–H and O–H groups in total. The Balaban J connectivity index is 2.20. The maximum Gasteiger partial charge on any atom is 0.341 e. The lowest BCUT2D eigenvalue weighted by atomic mass is 9.94. The molecule has 138 valence electrons. The summed E-state index contributed by atoms with van der Waals surface area (Å²) < 4.78 is 5.08. The number of anilines is 1. The van der Waals surface area contributed by atoms with E-state index in [9.17, 15) is 14.4 Å². The number of aliphatic carboxylic acids is 1. The number of likely N-dealkylation sites (tertiary alicyclic amines) is 1. The average Bonchev–Trinajstić information content (AvgIpc) is 3.13. The van der Waals surface area contributed by atoms with Crippen molar-refractivity contribution in [3.8, 4) is 0 Å². The fourth-order valence-electron chi connectivity index (χ4n) is 2.54. The van der Waals surface area contributed by atoms with Crippen molar-refractivity contribution >= 4 is 34.3 Å².